The fourth-order valence-electron chi connectivity index (χ4n) is 0.830. The van der Waals surface area contributed by atoms with Crippen molar-refractivity contribution in [2.24, 2.45) is 0 Å². The van der Waals surface area contributed by atoms with Crippen molar-refractivity contribution in [1.29, 1.82) is 0 Å². The molecule has 0 heterocycles. The van der Waals surface area contributed by atoms with Crippen molar-refractivity contribution in [3.63, 3.8) is 0 Å². The molecule has 0 unspecified atom stereocenters. The molecule has 0 saturated heterocycles. The summed E-state index contributed by atoms with van der Waals surface area (Å²) in [6.45, 7) is 0.390. The monoisotopic (exact) mass is 204 g/mol. The van der Waals surface area contributed by atoms with E-state index in [-0.39, 0.29) is 5.75 Å². The highest BCUT2D eigenvalue weighted by Crippen LogP contribution is 2.18. The van der Waals surface area contributed by atoms with Crippen LogP contribution in [0.15, 0.2) is 18.2 Å². The zero-order chi connectivity index (χ0) is 9.68. The molecule has 0 fully saturated rings. The van der Waals surface area contributed by atoms with Crippen LogP contribution in [0.4, 0.5) is 8.78 Å². The van der Waals surface area contributed by atoms with Gasteiger partial charge in [-0.3, -0.25) is 0 Å². The number of halogens is 2. The molecular weight excluding hydrogens is 194 g/mol. The van der Waals surface area contributed by atoms with E-state index < -0.39 is 11.6 Å². The van der Waals surface area contributed by atoms with Gasteiger partial charge in [-0.15, -0.1) is 0 Å². The van der Waals surface area contributed by atoms with Gasteiger partial charge in [0.15, 0.2) is 11.6 Å². The molecule has 0 amide bonds. The van der Waals surface area contributed by atoms with E-state index >= 15 is 0 Å². The van der Waals surface area contributed by atoms with Crippen LogP contribution >= 0.6 is 11.8 Å². The smallest absolute Gasteiger partial charge is 0.200 e. The van der Waals surface area contributed by atoms with Gasteiger partial charge < -0.3 is 4.74 Å². The van der Waals surface area contributed by atoms with Gasteiger partial charge in [0.2, 0.25) is 5.82 Å². The molecule has 13 heavy (non-hydrogen) atoms. The first kappa shape index (κ1) is 10.3. The molecule has 0 atom stereocenters. The van der Waals surface area contributed by atoms with Crippen LogP contribution in [0.5, 0.6) is 5.75 Å². The van der Waals surface area contributed by atoms with Crippen LogP contribution in [0.3, 0.4) is 0 Å². The van der Waals surface area contributed by atoms with E-state index in [1.165, 1.54) is 12.1 Å². The minimum Gasteiger partial charge on any atom is -0.490 e. The average molecular weight is 204 g/mol. The van der Waals surface area contributed by atoms with Crippen LogP contribution in [0.2, 0.25) is 0 Å². The van der Waals surface area contributed by atoms with Crippen LogP contribution in [-0.4, -0.2) is 18.6 Å². The van der Waals surface area contributed by atoms with Gasteiger partial charge >= 0.3 is 0 Å². The molecule has 0 aliphatic heterocycles. The van der Waals surface area contributed by atoms with Crippen molar-refractivity contribution in [2.75, 3.05) is 18.6 Å². The molecule has 0 spiro atoms. The van der Waals surface area contributed by atoms with Gasteiger partial charge in [0.1, 0.15) is 0 Å². The maximum atomic E-state index is 12.9. The Bertz CT molecular complexity index is 278. The molecule has 0 radical (unpaired) electrons. The summed E-state index contributed by atoms with van der Waals surface area (Å²) in [4.78, 5) is 0. The molecule has 0 aliphatic rings. The number of hydrogen-bond acceptors (Lipinski definition) is 2. The van der Waals surface area contributed by atoms with E-state index in [1.54, 1.807) is 11.8 Å². The first-order chi connectivity index (χ1) is 6.25. The van der Waals surface area contributed by atoms with Crippen molar-refractivity contribution >= 4 is 11.8 Å². The molecule has 1 nitrogen and oxygen atoms in total. The zero-order valence-corrected chi connectivity index (χ0v) is 8.04. The summed E-state index contributed by atoms with van der Waals surface area (Å²) in [5.41, 5.74) is 0. The Labute approximate surface area is 80.1 Å². The molecular formula is C9H10F2OS. The first-order valence-electron chi connectivity index (χ1n) is 3.81. The SMILES string of the molecule is CSCCOc1cccc(F)c1F. The summed E-state index contributed by atoms with van der Waals surface area (Å²) in [6.07, 6.45) is 1.92. The third-order valence-corrected chi connectivity index (χ3v) is 2.04. The average Bonchev–Trinajstić information content (AvgIpc) is 2.13. The third-order valence-electron chi connectivity index (χ3n) is 1.46. The molecule has 0 bridgehead atoms. The molecule has 0 saturated carbocycles. The summed E-state index contributed by atoms with van der Waals surface area (Å²) in [5.74, 6) is -1.05. The van der Waals surface area contributed by atoms with Crippen molar-refractivity contribution in [3.8, 4) is 5.75 Å². The number of rotatable bonds is 4. The standard InChI is InChI=1S/C9H10F2OS/c1-13-6-5-12-8-4-2-3-7(10)9(8)11/h2-4H,5-6H2,1H3. The van der Waals surface area contributed by atoms with Crippen molar-refractivity contribution in [3.05, 3.63) is 29.8 Å². The second-order valence-corrected chi connectivity index (χ2v) is 3.38. The maximum absolute atomic E-state index is 12.9. The summed E-state index contributed by atoms with van der Waals surface area (Å²) in [6, 6.07) is 3.91. The summed E-state index contributed by atoms with van der Waals surface area (Å²) in [7, 11) is 0. The molecule has 1 aromatic carbocycles. The fraction of sp³-hybridized carbons (Fsp3) is 0.333. The van der Waals surface area contributed by atoms with Crippen molar-refractivity contribution < 1.29 is 13.5 Å². The van der Waals surface area contributed by atoms with E-state index in [0.29, 0.717) is 6.61 Å². The highest BCUT2D eigenvalue weighted by Gasteiger charge is 2.07. The molecule has 0 aromatic heterocycles. The summed E-state index contributed by atoms with van der Waals surface area (Å²) in [5, 5.41) is 0. The molecule has 0 N–H and O–H groups in total. The summed E-state index contributed by atoms with van der Waals surface area (Å²) >= 11 is 1.59. The van der Waals surface area contributed by atoms with E-state index in [0.717, 1.165) is 11.8 Å². The third kappa shape index (κ3) is 2.88. The Morgan fingerprint density at radius 3 is 2.85 bits per heavy atom. The lowest BCUT2D eigenvalue weighted by atomic mass is 10.3. The van der Waals surface area contributed by atoms with E-state index in [4.69, 9.17) is 4.74 Å². The zero-order valence-electron chi connectivity index (χ0n) is 7.22. The maximum Gasteiger partial charge on any atom is 0.200 e. The largest absolute Gasteiger partial charge is 0.490 e. The number of benzene rings is 1. The molecule has 0 aliphatic carbocycles. The lowest BCUT2D eigenvalue weighted by molar-refractivity contribution is 0.317. The van der Waals surface area contributed by atoms with E-state index in [9.17, 15) is 8.78 Å². The van der Waals surface area contributed by atoms with Crippen molar-refractivity contribution in [2.45, 2.75) is 0 Å². The van der Waals surface area contributed by atoms with E-state index in [2.05, 4.69) is 0 Å². The predicted molar refractivity (Wildman–Crippen MR) is 50.2 cm³/mol. The Hall–Kier alpha value is -0.770. The number of hydrogen-bond donors (Lipinski definition) is 0. The van der Waals surface area contributed by atoms with Gasteiger partial charge in [-0.25, -0.2) is 4.39 Å². The second kappa shape index (κ2) is 5.07. The predicted octanol–water partition coefficient (Wildman–Crippen LogP) is 2.71. The Morgan fingerprint density at radius 1 is 1.38 bits per heavy atom. The van der Waals surface area contributed by atoms with Crippen molar-refractivity contribution in [1.82, 2.24) is 0 Å². The second-order valence-electron chi connectivity index (χ2n) is 2.39. The molecule has 4 heteroatoms. The Morgan fingerprint density at radius 2 is 2.15 bits per heavy atom. The van der Waals surface area contributed by atoms with E-state index in [1.807, 2.05) is 6.26 Å². The van der Waals surface area contributed by atoms with Gasteiger partial charge in [0.05, 0.1) is 6.61 Å². The molecule has 1 rings (SSSR count). The highest BCUT2D eigenvalue weighted by atomic mass is 32.2. The van der Waals surface area contributed by atoms with Crippen LogP contribution in [0, 0.1) is 11.6 Å². The quantitative estimate of drug-likeness (QED) is 0.697. The van der Waals surface area contributed by atoms with Crippen LogP contribution in [-0.2, 0) is 0 Å². The topological polar surface area (TPSA) is 9.23 Å². The van der Waals surface area contributed by atoms with Gasteiger partial charge in [-0.05, 0) is 18.4 Å². The number of thioether (sulfide) groups is 1. The lowest BCUT2D eigenvalue weighted by Gasteiger charge is -2.05. The minimum atomic E-state index is -0.913. The van der Waals surface area contributed by atoms with Gasteiger partial charge in [0.25, 0.3) is 0 Å². The first-order valence-corrected chi connectivity index (χ1v) is 5.21. The van der Waals surface area contributed by atoms with Gasteiger partial charge in [-0.1, -0.05) is 6.07 Å². The van der Waals surface area contributed by atoms with Crippen LogP contribution in [0.25, 0.3) is 0 Å². The summed E-state index contributed by atoms with van der Waals surface area (Å²) < 4.78 is 30.6. The normalized spacial score (nSPS) is 10.1. The molecule has 72 valence electrons. The highest BCUT2D eigenvalue weighted by molar-refractivity contribution is 7.98. The minimum absolute atomic E-state index is 0.0194. The Balaban J connectivity index is 2.61. The fourth-order valence-corrected chi connectivity index (χ4v) is 1.08. The van der Waals surface area contributed by atoms with Crippen LogP contribution in [0.1, 0.15) is 0 Å². The van der Waals surface area contributed by atoms with Gasteiger partial charge in [0, 0.05) is 5.75 Å². The number of ether oxygens (including phenoxy) is 1. The Kier molecular flexibility index (Phi) is 4.02. The van der Waals surface area contributed by atoms with Crippen LogP contribution < -0.4 is 4.74 Å². The lowest BCUT2D eigenvalue weighted by Crippen LogP contribution is -2.02. The van der Waals surface area contributed by atoms with Gasteiger partial charge in [-0.2, -0.15) is 16.2 Å². The molecule has 1 aromatic rings.